The van der Waals surface area contributed by atoms with E-state index in [0.717, 1.165) is 38.8 Å². The summed E-state index contributed by atoms with van der Waals surface area (Å²) in [5, 5.41) is 11.5. The Kier molecular flexibility index (Phi) is 4.00. The predicted molar refractivity (Wildman–Crippen MR) is 108 cm³/mol. The van der Waals surface area contributed by atoms with Crippen LogP contribution in [0.1, 0.15) is 31.4 Å². The van der Waals surface area contributed by atoms with Crippen LogP contribution in [0.2, 0.25) is 0 Å². The van der Waals surface area contributed by atoms with E-state index in [2.05, 4.69) is 87.1 Å². The Hall–Kier alpha value is -3.12. The van der Waals surface area contributed by atoms with Gasteiger partial charge in [0, 0.05) is 40.3 Å². The highest BCUT2D eigenvalue weighted by Crippen LogP contribution is 2.41. The summed E-state index contributed by atoms with van der Waals surface area (Å²) in [6.07, 6.45) is 2.50. The molecule has 2 heterocycles. The number of pyridine rings is 1. The van der Waals surface area contributed by atoms with Gasteiger partial charge in [-0.3, -0.25) is 0 Å². The largest absolute Gasteiger partial charge is 0.455 e. The molecule has 3 nitrogen and oxygen atoms in total. The zero-order chi connectivity index (χ0) is 19.2. The molecule has 0 bridgehead atoms. The van der Waals surface area contributed by atoms with E-state index in [4.69, 9.17) is 4.42 Å². The topological polar surface area (TPSA) is 40.8 Å². The molecule has 4 aromatic rings. The first-order valence-corrected chi connectivity index (χ1v) is 9.21. The first-order valence-electron chi connectivity index (χ1n) is 9.21. The molecule has 3 heteroatoms. The molecule has 0 atom stereocenters. The van der Waals surface area contributed by atoms with Gasteiger partial charge in [0.1, 0.15) is 18.2 Å². The van der Waals surface area contributed by atoms with Crippen molar-refractivity contribution in [3.63, 3.8) is 0 Å². The molecule has 4 rings (SSSR count). The van der Waals surface area contributed by atoms with Crippen molar-refractivity contribution in [1.29, 1.82) is 5.26 Å². The second-order valence-corrected chi connectivity index (χ2v) is 7.83. The first kappa shape index (κ1) is 17.3. The molecule has 0 aliphatic carbocycles. The molecule has 27 heavy (non-hydrogen) atoms. The fourth-order valence-corrected chi connectivity index (χ4v) is 3.89. The van der Waals surface area contributed by atoms with E-state index in [1.807, 2.05) is 6.07 Å². The van der Waals surface area contributed by atoms with Gasteiger partial charge in [0.2, 0.25) is 5.69 Å². The Morgan fingerprint density at radius 1 is 1.00 bits per heavy atom. The van der Waals surface area contributed by atoms with Crippen LogP contribution in [0.5, 0.6) is 0 Å². The monoisotopic (exact) mass is 355 g/mol. The molecule has 0 radical (unpaired) electrons. The summed E-state index contributed by atoms with van der Waals surface area (Å²) in [5.41, 5.74) is 6.04. The van der Waals surface area contributed by atoms with Crippen molar-refractivity contribution in [3.8, 4) is 17.3 Å². The number of aryl methyl sites for hydroxylation is 2. The smallest absolute Gasteiger partial charge is 0.216 e. The number of nitriles is 1. The lowest BCUT2D eigenvalue weighted by molar-refractivity contribution is -0.660. The average molecular weight is 355 g/mol. The van der Waals surface area contributed by atoms with Gasteiger partial charge in [0.25, 0.3) is 0 Å². The number of furan rings is 1. The number of hydrogen-bond acceptors (Lipinski definition) is 2. The summed E-state index contributed by atoms with van der Waals surface area (Å²) >= 11 is 0. The average Bonchev–Trinajstić information content (AvgIpc) is 3.01. The Labute approximate surface area is 159 Å². The number of rotatable bonds is 3. The molecule has 0 N–H and O–H groups in total. The van der Waals surface area contributed by atoms with Crippen LogP contribution in [0.4, 0.5) is 0 Å². The molecule has 2 aromatic carbocycles. The Bertz CT molecular complexity index is 1210. The van der Waals surface area contributed by atoms with Crippen LogP contribution in [0.25, 0.3) is 33.2 Å². The third-order valence-electron chi connectivity index (χ3n) is 5.44. The van der Waals surface area contributed by atoms with Crippen LogP contribution in [-0.2, 0) is 12.5 Å². The molecule has 2 aromatic heterocycles. The Morgan fingerprint density at radius 2 is 1.78 bits per heavy atom. The fraction of sp³-hybridized carbons (Fsp3) is 0.250. The summed E-state index contributed by atoms with van der Waals surface area (Å²) in [6.45, 7) is 6.32. The Balaban J connectivity index is 2.10. The zero-order valence-electron chi connectivity index (χ0n) is 16.2. The highest BCUT2D eigenvalue weighted by molar-refractivity contribution is 6.10. The molecule has 134 valence electrons. The number of hydrogen-bond donors (Lipinski definition) is 0. The van der Waals surface area contributed by atoms with E-state index < -0.39 is 0 Å². The van der Waals surface area contributed by atoms with Gasteiger partial charge in [-0.25, -0.2) is 4.57 Å². The summed E-state index contributed by atoms with van der Waals surface area (Å²) in [4.78, 5) is 0. The second kappa shape index (κ2) is 6.25. The van der Waals surface area contributed by atoms with E-state index in [-0.39, 0.29) is 5.41 Å². The zero-order valence-corrected chi connectivity index (χ0v) is 16.2. The van der Waals surface area contributed by atoms with Gasteiger partial charge in [-0.1, -0.05) is 44.2 Å². The summed E-state index contributed by atoms with van der Waals surface area (Å²) in [6, 6.07) is 19.1. The number of para-hydroxylation sites is 1. The molecule has 0 unspecified atom stereocenters. The summed E-state index contributed by atoms with van der Waals surface area (Å²) < 4.78 is 8.64. The van der Waals surface area contributed by atoms with E-state index in [1.165, 1.54) is 5.56 Å². The standard InChI is InChI=1S/C24H23N2O/c1-16-11-12-18-17-8-7-9-19(24(2,3)13-14-25)22(17)27-23(18)21(16)20-10-5-6-15-26(20)4/h5-12,15H,13H2,1-4H3/q+1. The number of benzene rings is 2. The quantitative estimate of drug-likeness (QED) is 0.450. The van der Waals surface area contributed by atoms with Crippen molar-refractivity contribution < 1.29 is 8.98 Å². The van der Waals surface area contributed by atoms with Gasteiger partial charge in [-0.05, 0) is 18.6 Å². The molecule has 0 saturated carbocycles. The molecule has 0 fully saturated rings. The van der Waals surface area contributed by atoms with Gasteiger partial charge >= 0.3 is 0 Å². The minimum absolute atomic E-state index is 0.269. The van der Waals surface area contributed by atoms with Crippen LogP contribution >= 0.6 is 0 Å². The van der Waals surface area contributed by atoms with Crippen molar-refractivity contribution in [3.05, 3.63) is 65.9 Å². The number of aromatic nitrogens is 1. The third kappa shape index (κ3) is 2.69. The fourth-order valence-electron chi connectivity index (χ4n) is 3.89. The number of fused-ring (bicyclic) bond motifs is 3. The van der Waals surface area contributed by atoms with Crippen molar-refractivity contribution in [1.82, 2.24) is 0 Å². The molecule has 0 spiro atoms. The van der Waals surface area contributed by atoms with Gasteiger partial charge in [0.15, 0.2) is 6.20 Å². The molecule has 0 saturated heterocycles. The van der Waals surface area contributed by atoms with Gasteiger partial charge < -0.3 is 4.42 Å². The molecule has 0 amide bonds. The normalized spacial score (nSPS) is 11.8. The highest BCUT2D eigenvalue weighted by atomic mass is 16.3. The maximum absolute atomic E-state index is 9.25. The van der Waals surface area contributed by atoms with Crippen molar-refractivity contribution in [2.75, 3.05) is 0 Å². The maximum Gasteiger partial charge on any atom is 0.216 e. The third-order valence-corrected chi connectivity index (χ3v) is 5.44. The first-order chi connectivity index (χ1) is 12.9. The SMILES string of the molecule is Cc1ccc2c(oc3c(C(C)(C)CC#N)cccc32)c1-c1cccc[n+]1C. The molecular weight excluding hydrogens is 332 g/mol. The molecular formula is C24H23N2O+. The van der Waals surface area contributed by atoms with Crippen LogP contribution < -0.4 is 4.57 Å². The van der Waals surface area contributed by atoms with E-state index in [9.17, 15) is 5.26 Å². The van der Waals surface area contributed by atoms with Gasteiger partial charge in [0.05, 0.1) is 11.6 Å². The Morgan fingerprint density at radius 3 is 2.52 bits per heavy atom. The minimum Gasteiger partial charge on any atom is -0.455 e. The predicted octanol–water partition coefficient (Wildman–Crippen LogP) is 5.58. The number of nitrogens with zero attached hydrogens (tertiary/aromatic N) is 2. The highest BCUT2D eigenvalue weighted by Gasteiger charge is 2.27. The maximum atomic E-state index is 9.25. The van der Waals surface area contributed by atoms with Gasteiger partial charge in [-0.2, -0.15) is 5.26 Å². The van der Waals surface area contributed by atoms with Gasteiger partial charge in [-0.15, -0.1) is 0 Å². The molecule has 0 aliphatic heterocycles. The second-order valence-electron chi connectivity index (χ2n) is 7.83. The van der Waals surface area contributed by atoms with Crippen LogP contribution in [-0.4, -0.2) is 0 Å². The van der Waals surface area contributed by atoms with Crippen LogP contribution in [0, 0.1) is 18.3 Å². The van der Waals surface area contributed by atoms with Crippen molar-refractivity contribution >= 4 is 21.9 Å². The van der Waals surface area contributed by atoms with Crippen molar-refractivity contribution in [2.24, 2.45) is 7.05 Å². The van der Waals surface area contributed by atoms with Crippen LogP contribution in [0.3, 0.4) is 0 Å². The molecule has 0 aliphatic rings. The minimum atomic E-state index is -0.269. The van der Waals surface area contributed by atoms with E-state index in [0.29, 0.717) is 6.42 Å². The van der Waals surface area contributed by atoms with Crippen LogP contribution in [0.15, 0.2) is 59.1 Å². The lowest BCUT2D eigenvalue weighted by atomic mass is 9.81. The summed E-state index contributed by atoms with van der Waals surface area (Å²) in [5.74, 6) is 0. The summed E-state index contributed by atoms with van der Waals surface area (Å²) in [7, 11) is 2.05. The van der Waals surface area contributed by atoms with E-state index in [1.54, 1.807) is 0 Å². The van der Waals surface area contributed by atoms with E-state index >= 15 is 0 Å². The lowest BCUT2D eigenvalue weighted by Gasteiger charge is -2.21. The van der Waals surface area contributed by atoms with Crippen molar-refractivity contribution in [2.45, 2.75) is 32.6 Å². The lowest BCUT2D eigenvalue weighted by Crippen LogP contribution is -2.30.